The smallest absolute Gasteiger partial charge is 0.422 e. The van der Waals surface area contributed by atoms with E-state index in [0.29, 0.717) is 18.7 Å². The van der Waals surface area contributed by atoms with Crippen LogP contribution in [0, 0.1) is 5.92 Å². The van der Waals surface area contributed by atoms with Crippen LogP contribution in [0.4, 0.5) is 18.9 Å². The summed E-state index contributed by atoms with van der Waals surface area (Å²) in [5.41, 5.74) is 1.57. The molecule has 2 amide bonds. The van der Waals surface area contributed by atoms with Crippen LogP contribution >= 0.6 is 0 Å². The number of aromatic nitrogens is 2. The third-order valence-corrected chi connectivity index (χ3v) is 5.96. The van der Waals surface area contributed by atoms with Gasteiger partial charge in [-0.3, -0.25) is 14.6 Å². The number of alkyl halides is 3. The summed E-state index contributed by atoms with van der Waals surface area (Å²) in [4.78, 5) is 36.3. The van der Waals surface area contributed by atoms with Crippen molar-refractivity contribution in [2.45, 2.75) is 37.5 Å². The minimum Gasteiger partial charge on any atom is -0.479 e. The van der Waals surface area contributed by atoms with Crippen molar-refractivity contribution in [3.05, 3.63) is 42.4 Å². The highest BCUT2D eigenvalue weighted by Gasteiger charge is 2.38. The van der Waals surface area contributed by atoms with Gasteiger partial charge < -0.3 is 19.3 Å². The van der Waals surface area contributed by atoms with Crippen LogP contribution in [0.1, 0.15) is 30.9 Å². The summed E-state index contributed by atoms with van der Waals surface area (Å²) in [6, 6.07) is 6.41. The number of pyridine rings is 2. The Labute approximate surface area is 194 Å². The molecule has 0 radical (unpaired) electrons. The van der Waals surface area contributed by atoms with Crippen LogP contribution in [0.2, 0.25) is 0 Å². The average molecular weight is 478 g/mol. The van der Waals surface area contributed by atoms with Crippen LogP contribution in [0.15, 0.2) is 36.7 Å². The summed E-state index contributed by atoms with van der Waals surface area (Å²) in [6.07, 6.45) is -0.297. The average Bonchev–Trinajstić information content (AvgIpc) is 3.12. The third kappa shape index (κ3) is 5.40. The Morgan fingerprint density at radius 3 is 2.50 bits per heavy atom. The van der Waals surface area contributed by atoms with Gasteiger partial charge in [0.05, 0.1) is 18.1 Å². The Morgan fingerprint density at radius 2 is 1.91 bits per heavy atom. The largest absolute Gasteiger partial charge is 0.479 e. The van der Waals surface area contributed by atoms with Crippen LogP contribution < -0.4 is 14.4 Å². The molecule has 0 unspecified atom stereocenters. The zero-order valence-electron chi connectivity index (χ0n) is 18.8. The maximum absolute atomic E-state index is 12.8. The fraction of sp³-hybridized carbons (Fsp3) is 0.478. The molecule has 1 atom stereocenters. The molecule has 2 aliphatic rings. The zero-order valence-corrected chi connectivity index (χ0v) is 18.8. The second kappa shape index (κ2) is 9.47. The van der Waals surface area contributed by atoms with Gasteiger partial charge in [0.25, 0.3) is 5.91 Å². The minimum atomic E-state index is -4.45. The van der Waals surface area contributed by atoms with Crippen LogP contribution in [-0.2, 0) is 9.59 Å². The summed E-state index contributed by atoms with van der Waals surface area (Å²) >= 11 is 0. The second-order valence-corrected chi connectivity index (χ2v) is 8.66. The normalized spacial score (nSPS) is 22.3. The molecule has 1 aliphatic heterocycles. The first-order valence-electron chi connectivity index (χ1n) is 10.9. The first kappa shape index (κ1) is 23.8. The third-order valence-electron chi connectivity index (χ3n) is 5.96. The summed E-state index contributed by atoms with van der Waals surface area (Å²) < 4.78 is 46.9. The van der Waals surface area contributed by atoms with Gasteiger partial charge in [-0.25, -0.2) is 4.98 Å². The first-order valence-corrected chi connectivity index (χ1v) is 10.9. The van der Waals surface area contributed by atoms with E-state index in [1.54, 1.807) is 30.1 Å². The lowest BCUT2D eigenvalue weighted by Crippen LogP contribution is -2.37. The molecule has 11 heteroatoms. The van der Waals surface area contributed by atoms with Crippen LogP contribution in [-0.4, -0.2) is 66.2 Å². The molecular formula is C23H25F3N4O4. The summed E-state index contributed by atoms with van der Waals surface area (Å²) in [7, 11) is 3.51. The van der Waals surface area contributed by atoms with Gasteiger partial charge in [-0.05, 0) is 31.0 Å². The minimum absolute atomic E-state index is 0.0410. The highest BCUT2D eigenvalue weighted by atomic mass is 19.4. The van der Waals surface area contributed by atoms with Gasteiger partial charge >= 0.3 is 6.18 Å². The number of halogens is 3. The monoisotopic (exact) mass is 478 g/mol. The van der Waals surface area contributed by atoms with E-state index in [1.807, 2.05) is 12.1 Å². The fourth-order valence-corrected chi connectivity index (χ4v) is 4.09. The Bertz CT molecular complexity index is 1020. The number of carbonyl (C=O) groups is 2. The molecule has 1 saturated heterocycles. The highest BCUT2D eigenvalue weighted by Crippen LogP contribution is 2.41. The van der Waals surface area contributed by atoms with E-state index in [0.717, 1.165) is 18.5 Å². The Morgan fingerprint density at radius 1 is 1.15 bits per heavy atom. The number of hydrogen-bond acceptors (Lipinski definition) is 6. The van der Waals surface area contributed by atoms with Crippen molar-refractivity contribution in [3.8, 4) is 11.6 Å². The number of anilines is 1. The van der Waals surface area contributed by atoms with E-state index in [-0.39, 0.29) is 35.3 Å². The van der Waals surface area contributed by atoms with Gasteiger partial charge in [0.2, 0.25) is 11.8 Å². The molecule has 182 valence electrons. The lowest BCUT2D eigenvalue weighted by Gasteiger charge is -2.35. The predicted octanol–water partition coefficient (Wildman–Crippen LogP) is 3.18. The molecule has 1 saturated carbocycles. The van der Waals surface area contributed by atoms with Crippen molar-refractivity contribution < 1.29 is 32.2 Å². The van der Waals surface area contributed by atoms with Gasteiger partial charge in [0.15, 0.2) is 12.7 Å². The Balaban J connectivity index is 1.30. The standard InChI is InChI=1S/C23H25F3N4O4/c1-29(2)21(31)15-9-14(10-15)18-5-3-16(11-27-18)30-8-7-19(22(30)32)34-17-4-6-20(28-12-17)33-13-23(24,25)26/h3-6,11-12,14-15,19H,7-10,13H2,1-2H3/t14?,15?,19-/m0/s1. The summed E-state index contributed by atoms with van der Waals surface area (Å²) in [5, 5.41) is 0. The molecule has 0 N–H and O–H groups in total. The Hall–Kier alpha value is -3.37. The van der Waals surface area contributed by atoms with Crippen molar-refractivity contribution in [3.63, 3.8) is 0 Å². The van der Waals surface area contributed by atoms with E-state index < -0.39 is 18.9 Å². The Kier molecular flexibility index (Phi) is 6.63. The second-order valence-electron chi connectivity index (χ2n) is 8.66. The fourth-order valence-electron chi connectivity index (χ4n) is 4.09. The van der Waals surface area contributed by atoms with Gasteiger partial charge in [0, 0.05) is 50.7 Å². The van der Waals surface area contributed by atoms with Crippen molar-refractivity contribution >= 4 is 17.5 Å². The van der Waals surface area contributed by atoms with E-state index in [9.17, 15) is 22.8 Å². The SMILES string of the molecule is CN(C)C(=O)C1CC(c2ccc(N3CC[C@H](Oc4ccc(OCC(F)(F)F)nc4)C3=O)cn2)C1. The number of hydrogen-bond donors (Lipinski definition) is 0. The number of carbonyl (C=O) groups excluding carboxylic acids is 2. The molecule has 2 aromatic rings. The molecule has 0 aromatic carbocycles. The lowest BCUT2D eigenvalue weighted by atomic mass is 9.72. The van der Waals surface area contributed by atoms with Crippen molar-refractivity contribution in [1.29, 1.82) is 0 Å². The van der Waals surface area contributed by atoms with Crippen molar-refractivity contribution in [1.82, 2.24) is 14.9 Å². The molecular weight excluding hydrogens is 453 g/mol. The molecule has 0 spiro atoms. The van der Waals surface area contributed by atoms with Gasteiger partial charge in [-0.15, -0.1) is 0 Å². The quantitative estimate of drug-likeness (QED) is 0.608. The maximum atomic E-state index is 12.8. The van der Waals surface area contributed by atoms with Gasteiger partial charge in [-0.2, -0.15) is 13.2 Å². The first-order chi connectivity index (χ1) is 16.1. The number of amides is 2. The topological polar surface area (TPSA) is 84.9 Å². The van der Waals surface area contributed by atoms with Crippen molar-refractivity contribution in [2.75, 3.05) is 32.1 Å². The van der Waals surface area contributed by atoms with Crippen LogP contribution in [0.25, 0.3) is 0 Å². The van der Waals surface area contributed by atoms with Crippen molar-refractivity contribution in [2.24, 2.45) is 5.92 Å². The lowest BCUT2D eigenvalue weighted by molar-refractivity contribution is -0.154. The zero-order chi connectivity index (χ0) is 24.5. The highest BCUT2D eigenvalue weighted by molar-refractivity contribution is 5.98. The number of rotatable bonds is 7. The number of ether oxygens (including phenoxy) is 2. The molecule has 1 aliphatic carbocycles. The molecule has 2 fully saturated rings. The molecule has 2 aromatic heterocycles. The summed E-state index contributed by atoms with van der Waals surface area (Å²) in [5.74, 6) is 0.273. The summed E-state index contributed by atoms with van der Waals surface area (Å²) in [6.45, 7) is -0.980. The molecule has 3 heterocycles. The van der Waals surface area contributed by atoms with Gasteiger partial charge in [-0.1, -0.05) is 0 Å². The maximum Gasteiger partial charge on any atom is 0.422 e. The van der Waals surface area contributed by atoms with Crippen LogP contribution in [0.3, 0.4) is 0 Å². The van der Waals surface area contributed by atoms with Crippen LogP contribution in [0.5, 0.6) is 11.6 Å². The van der Waals surface area contributed by atoms with E-state index in [4.69, 9.17) is 4.74 Å². The molecule has 8 nitrogen and oxygen atoms in total. The molecule has 34 heavy (non-hydrogen) atoms. The van der Waals surface area contributed by atoms with Gasteiger partial charge in [0.1, 0.15) is 5.75 Å². The predicted molar refractivity (Wildman–Crippen MR) is 116 cm³/mol. The van der Waals surface area contributed by atoms with E-state index in [2.05, 4.69) is 14.7 Å². The molecule has 0 bridgehead atoms. The number of nitrogens with zero attached hydrogens (tertiary/aromatic N) is 4. The van der Waals surface area contributed by atoms with E-state index in [1.165, 1.54) is 18.3 Å². The molecule has 4 rings (SSSR count). The van der Waals surface area contributed by atoms with E-state index >= 15 is 0 Å².